The Morgan fingerprint density at radius 1 is 1.40 bits per heavy atom. The summed E-state index contributed by atoms with van der Waals surface area (Å²) in [6, 6.07) is 4.00. The maximum absolute atomic E-state index is 12.3. The molecule has 0 bridgehead atoms. The number of thiophene rings is 1. The molecule has 0 radical (unpaired) electrons. The van der Waals surface area contributed by atoms with Gasteiger partial charge in [-0.15, -0.1) is 11.3 Å². The normalized spacial score (nSPS) is 19.9. The maximum Gasteiger partial charge on any atom is 0.242 e. The molecule has 0 spiro atoms. The van der Waals surface area contributed by atoms with Crippen molar-refractivity contribution in [3.63, 3.8) is 0 Å². The first-order valence-electron chi connectivity index (χ1n) is 6.97. The van der Waals surface area contributed by atoms with Crippen LogP contribution in [0.4, 0.5) is 0 Å². The summed E-state index contributed by atoms with van der Waals surface area (Å²) in [5.41, 5.74) is 5.30. The van der Waals surface area contributed by atoms with E-state index in [4.69, 9.17) is 17.3 Å². The van der Waals surface area contributed by atoms with Crippen molar-refractivity contribution in [3.05, 3.63) is 21.3 Å². The van der Waals surface area contributed by atoms with Gasteiger partial charge in [0.1, 0.15) is 0 Å². The smallest absolute Gasteiger partial charge is 0.242 e. The summed E-state index contributed by atoms with van der Waals surface area (Å²) in [4.78, 5) is 17.8. The van der Waals surface area contributed by atoms with Gasteiger partial charge in [0.25, 0.3) is 0 Å². The molecule has 1 aromatic heterocycles. The van der Waals surface area contributed by atoms with Gasteiger partial charge < -0.3 is 10.6 Å². The van der Waals surface area contributed by atoms with Crippen LogP contribution in [0.25, 0.3) is 0 Å². The topological polar surface area (TPSA) is 49.6 Å². The predicted molar refractivity (Wildman–Crippen MR) is 84.1 cm³/mol. The number of nitrogens with two attached hydrogens (primary N) is 1. The minimum absolute atomic E-state index is 0.0684. The minimum atomic E-state index is -0.733. The van der Waals surface area contributed by atoms with Gasteiger partial charge in [-0.25, -0.2) is 0 Å². The van der Waals surface area contributed by atoms with Crippen molar-refractivity contribution in [2.24, 2.45) is 5.73 Å². The van der Waals surface area contributed by atoms with Crippen LogP contribution in [0.15, 0.2) is 12.1 Å². The molecule has 1 aliphatic rings. The van der Waals surface area contributed by atoms with E-state index in [-0.39, 0.29) is 5.91 Å². The number of halogens is 1. The molecule has 1 amide bonds. The molecule has 1 saturated heterocycles. The first-order valence-corrected chi connectivity index (χ1v) is 8.16. The maximum atomic E-state index is 12.3. The largest absolute Gasteiger partial charge is 0.339 e. The minimum Gasteiger partial charge on any atom is -0.339 e. The summed E-state index contributed by atoms with van der Waals surface area (Å²) < 4.78 is 0.829. The summed E-state index contributed by atoms with van der Waals surface area (Å²) >= 11 is 7.56. The second-order valence-electron chi connectivity index (χ2n) is 5.55. The van der Waals surface area contributed by atoms with Gasteiger partial charge in [0.2, 0.25) is 5.91 Å². The molecule has 1 unspecified atom stereocenters. The zero-order chi connectivity index (χ0) is 14.8. The highest BCUT2D eigenvalue weighted by molar-refractivity contribution is 7.16. The molecule has 0 aromatic carbocycles. The van der Waals surface area contributed by atoms with Gasteiger partial charge in [-0.2, -0.15) is 0 Å². The first-order chi connectivity index (χ1) is 9.42. The van der Waals surface area contributed by atoms with Gasteiger partial charge in [-0.3, -0.25) is 9.69 Å². The SMILES string of the molecule is CCC(C)(N)C(=O)N1CCN(Cc2ccc(Cl)s2)CC1. The third-order valence-electron chi connectivity index (χ3n) is 3.89. The van der Waals surface area contributed by atoms with E-state index in [1.807, 2.05) is 24.8 Å². The molecule has 1 aliphatic heterocycles. The van der Waals surface area contributed by atoms with Crippen LogP contribution in [-0.4, -0.2) is 47.4 Å². The molecule has 4 nitrogen and oxygen atoms in total. The Balaban J connectivity index is 1.85. The number of rotatable bonds is 4. The summed E-state index contributed by atoms with van der Waals surface area (Å²) in [5, 5.41) is 0. The Kier molecular flexibility index (Phi) is 5.07. The second-order valence-corrected chi connectivity index (χ2v) is 7.34. The number of nitrogens with zero attached hydrogens (tertiary/aromatic N) is 2. The van der Waals surface area contributed by atoms with Crippen LogP contribution in [0.2, 0.25) is 4.34 Å². The summed E-state index contributed by atoms with van der Waals surface area (Å²) in [6.45, 7) is 7.97. The van der Waals surface area contributed by atoms with Crippen LogP contribution >= 0.6 is 22.9 Å². The van der Waals surface area contributed by atoms with E-state index in [1.165, 1.54) is 4.88 Å². The number of piperazine rings is 1. The molecular formula is C14H22ClN3OS. The van der Waals surface area contributed by atoms with Gasteiger partial charge in [0.05, 0.1) is 9.88 Å². The van der Waals surface area contributed by atoms with Crippen molar-refractivity contribution in [1.82, 2.24) is 9.80 Å². The number of carbonyl (C=O) groups excluding carboxylic acids is 1. The Labute approximate surface area is 129 Å². The van der Waals surface area contributed by atoms with Crippen molar-refractivity contribution < 1.29 is 4.79 Å². The Hall–Kier alpha value is -0.620. The fraction of sp³-hybridized carbons (Fsp3) is 0.643. The fourth-order valence-corrected chi connectivity index (χ4v) is 3.41. The average Bonchev–Trinajstić information content (AvgIpc) is 2.84. The number of hydrogen-bond acceptors (Lipinski definition) is 4. The molecule has 6 heteroatoms. The summed E-state index contributed by atoms with van der Waals surface area (Å²) in [7, 11) is 0. The quantitative estimate of drug-likeness (QED) is 0.926. The van der Waals surface area contributed by atoms with Crippen LogP contribution in [0.3, 0.4) is 0 Å². The van der Waals surface area contributed by atoms with Crippen molar-refractivity contribution in [2.75, 3.05) is 26.2 Å². The highest BCUT2D eigenvalue weighted by Gasteiger charge is 2.32. The van der Waals surface area contributed by atoms with E-state index in [1.54, 1.807) is 11.3 Å². The van der Waals surface area contributed by atoms with Gasteiger partial charge in [0.15, 0.2) is 0 Å². The van der Waals surface area contributed by atoms with E-state index in [9.17, 15) is 4.79 Å². The molecular weight excluding hydrogens is 294 g/mol. The van der Waals surface area contributed by atoms with Crippen molar-refractivity contribution in [1.29, 1.82) is 0 Å². The van der Waals surface area contributed by atoms with Crippen LogP contribution in [0, 0.1) is 0 Å². The number of hydrogen-bond donors (Lipinski definition) is 1. The van der Waals surface area contributed by atoms with Gasteiger partial charge in [-0.1, -0.05) is 18.5 Å². The predicted octanol–water partition coefficient (Wildman–Crippen LogP) is 2.17. The lowest BCUT2D eigenvalue weighted by molar-refractivity contribution is -0.138. The fourth-order valence-electron chi connectivity index (χ4n) is 2.28. The monoisotopic (exact) mass is 315 g/mol. The second kappa shape index (κ2) is 6.43. The van der Waals surface area contributed by atoms with Gasteiger partial charge in [0, 0.05) is 37.6 Å². The van der Waals surface area contributed by atoms with Crippen LogP contribution < -0.4 is 5.73 Å². The summed E-state index contributed by atoms with van der Waals surface area (Å²) in [6.07, 6.45) is 0.666. The van der Waals surface area contributed by atoms with E-state index in [0.717, 1.165) is 37.1 Å². The zero-order valence-corrected chi connectivity index (χ0v) is 13.6. The molecule has 1 fully saturated rings. The Morgan fingerprint density at radius 3 is 2.55 bits per heavy atom. The highest BCUT2D eigenvalue weighted by atomic mass is 35.5. The molecule has 0 aliphatic carbocycles. The van der Waals surface area contributed by atoms with Crippen molar-refractivity contribution in [2.45, 2.75) is 32.4 Å². The van der Waals surface area contributed by atoms with E-state index >= 15 is 0 Å². The molecule has 112 valence electrons. The van der Waals surface area contributed by atoms with Crippen molar-refractivity contribution in [3.8, 4) is 0 Å². The Bertz CT molecular complexity index is 467. The van der Waals surface area contributed by atoms with E-state index in [0.29, 0.717) is 6.42 Å². The molecule has 1 atom stereocenters. The lowest BCUT2D eigenvalue weighted by atomic mass is 9.98. The van der Waals surface area contributed by atoms with Crippen LogP contribution in [0.5, 0.6) is 0 Å². The van der Waals surface area contributed by atoms with E-state index in [2.05, 4.69) is 11.0 Å². The third-order valence-corrected chi connectivity index (χ3v) is 5.11. The standard InChI is InChI=1S/C14H22ClN3OS/c1-3-14(2,16)13(19)18-8-6-17(7-9-18)10-11-4-5-12(15)20-11/h4-5H,3,6-10,16H2,1-2H3. The van der Waals surface area contributed by atoms with Gasteiger partial charge >= 0.3 is 0 Å². The average molecular weight is 316 g/mol. The summed E-state index contributed by atoms with van der Waals surface area (Å²) in [5.74, 6) is 0.0684. The first kappa shape index (κ1) is 15.8. The molecule has 20 heavy (non-hydrogen) atoms. The Morgan fingerprint density at radius 2 is 2.05 bits per heavy atom. The van der Waals surface area contributed by atoms with Crippen LogP contribution in [0.1, 0.15) is 25.1 Å². The third kappa shape index (κ3) is 3.73. The molecule has 2 rings (SSSR count). The van der Waals surface area contributed by atoms with E-state index < -0.39 is 5.54 Å². The van der Waals surface area contributed by atoms with Crippen molar-refractivity contribution >= 4 is 28.8 Å². The lowest BCUT2D eigenvalue weighted by Crippen LogP contribution is -2.57. The lowest BCUT2D eigenvalue weighted by Gasteiger charge is -2.38. The molecule has 2 heterocycles. The number of carbonyl (C=O) groups is 1. The van der Waals surface area contributed by atoms with Crippen LogP contribution in [-0.2, 0) is 11.3 Å². The number of amides is 1. The zero-order valence-electron chi connectivity index (χ0n) is 12.1. The van der Waals surface area contributed by atoms with Gasteiger partial charge in [-0.05, 0) is 25.5 Å². The molecule has 0 saturated carbocycles. The molecule has 1 aromatic rings. The highest BCUT2D eigenvalue weighted by Crippen LogP contribution is 2.23. The molecule has 2 N–H and O–H groups in total.